The molecule has 0 radical (unpaired) electrons. The molecule has 0 aliphatic rings. The van der Waals surface area contributed by atoms with Crippen LogP contribution in [0.15, 0.2) is 24.3 Å². The quantitative estimate of drug-likeness (QED) is 0.790. The van der Waals surface area contributed by atoms with Gasteiger partial charge in [0.15, 0.2) is 0 Å². The molecule has 1 aromatic carbocycles. The minimum atomic E-state index is -0.0483. The van der Waals surface area contributed by atoms with Gasteiger partial charge in [0, 0.05) is 24.1 Å². The second-order valence-electron chi connectivity index (χ2n) is 4.62. The standard InChI is InChI=1S/C16H21NO2S/c1-13(12-20-2)11-17-16(19)15-8-6-14(7-9-15)5-3-4-10-18/h6-9,13,18H,4,10-12H2,1-2H3,(H,17,19). The third-order valence-electron chi connectivity index (χ3n) is 2.68. The van der Waals surface area contributed by atoms with Crippen LogP contribution in [-0.4, -0.2) is 36.2 Å². The molecule has 0 aromatic heterocycles. The average molecular weight is 291 g/mol. The van der Waals surface area contributed by atoms with Gasteiger partial charge in [-0.2, -0.15) is 11.8 Å². The number of nitrogens with one attached hydrogen (secondary N) is 1. The lowest BCUT2D eigenvalue weighted by Gasteiger charge is -2.11. The number of benzene rings is 1. The van der Waals surface area contributed by atoms with Crippen molar-refractivity contribution < 1.29 is 9.90 Å². The number of thioether (sulfide) groups is 1. The maximum atomic E-state index is 11.9. The average Bonchev–Trinajstić information content (AvgIpc) is 2.46. The summed E-state index contributed by atoms with van der Waals surface area (Å²) in [7, 11) is 0. The molecule has 1 amide bonds. The highest BCUT2D eigenvalue weighted by Gasteiger charge is 2.07. The Balaban J connectivity index is 2.51. The Morgan fingerprint density at radius 3 is 2.70 bits per heavy atom. The fourth-order valence-corrected chi connectivity index (χ4v) is 2.32. The van der Waals surface area contributed by atoms with E-state index in [1.807, 2.05) is 12.1 Å². The number of hydrogen-bond donors (Lipinski definition) is 2. The third-order valence-corrected chi connectivity index (χ3v) is 3.58. The molecule has 0 saturated carbocycles. The molecule has 0 bridgehead atoms. The maximum absolute atomic E-state index is 11.9. The molecular formula is C16H21NO2S. The summed E-state index contributed by atoms with van der Waals surface area (Å²) >= 11 is 1.78. The van der Waals surface area contributed by atoms with Crippen LogP contribution in [-0.2, 0) is 0 Å². The van der Waals surface area contributed by atoms with Gasteiger partial charge in [-0.15, -0.1) is 0 Å². The summed E-state index contributed by atoms with van der Waals surface area (Å²) in [5, 5.41) is 11.6. The second kappa shape index (κ2) is 9.46. The summed E-state index contributed by atoms with van der Waals surface area (Å²) in [4.78, 5) is 11.9. The van der Waals surface area contributed by atoms with Gasteiger partial charge < -0.3 is 10.4 Å². The van der Waals surface area contributed by atoms with Crippen LogP contribution in [0.5, 0.6) is 0 Å². The van der Waals surface area contributed by atoms with Crippen LogP contribution in [0.3, 0.4) is 0 Å². The van der Waals surface area contributed by atoms with Gasteiger partial charge in [-0.25, -0.2) is 0 Å². The van der Waals surface area contributed by atoms with Crippen LogP contribution in [0, 0.1) is 17.8 Å². The lowest BCUT2D eigenvalue weighted by molar-refractivity contribution is 0.0949. The number of amides is 1. The van der Waals surface area contributed by atoms with E-state index in [-0.39, 0.29) is 12.5 Å². The Morgan fingerprint density at radius 1 is 1.40 bits per heavy atom. The predicted octanol–water partition coefficient (Wildman–Crippen LogP) is 2.15. The van der Waals surface area contributed by atoms with Crippen molar-refractivity contribution in [2.45, 2.75) is 13.3 Å². The van der Waals surface area contributed by atoms with Crippen molar-refractivity contribution in [2.24, 2.45) is 5.92 Å². The maximum Gasteiger partial charge on any atom is 0.251 e. The minimum Gasteiger partial charge on any atom is -0.395 e. The minimum absolute atomic E-state index is 0.0483. The highest BCUT2D eigenvalue weighted by Crippen LogP contribution is 2.05. The van der Waals surface area contributed by atoms with E-state index >= 15 is 0 Å². The van der Waals surface area contributed by atoms with Crippen molar-refractivity contribution in [2.75, 3.05) is 25.2 Å². The Kier molecular flexibility index (Phi) is 7.86. The molecule has 4 heteroatoms. The third kappa shape index (κ3) is 6.14. The second-order valence-corrected chi connectivity index (χ2v) is 5.53. The molecule has 1 rings (SSSR count). The Labute approximate surface area is 125 Å². The summed E-state index contributed by atoms with van der Waals surface area (Å²) < 4.78 is 0. The molecule has 2 N–H and O–H groups in total. The van der Waals surface area contributed by atoms with E-state index in [9.17, 15) is 4.79 Å². The lowest BCUT2D eigenvalue weighted by atomic mass is 10.1. The zero-order valence-corrected chi connectivity index (χ0v) is 12.8. The monoisotopic (exact) mass is 291 g/mol. The molecule has 0 spiro atoms. The first kappa shape index (κ1) is 16.6. The van der Waals surface area contributed by atoms with E-state index in [1.54, 1.807) is 23.9 Å². The van der Waals surface area contributed by atoms with Gasteiger partial charge in [-0.1, -0.05) is 18.8 Å². The van der Waals surface area contributed by atoms with Crippen LogP contribution in [0.4, 0.5) is 0 Å². The van der Waals surface area contributed by atoms with E-state index in [4.69, 9.17) is 5.11 Å². The summed E-state index contributed by atoms with van der Waals surface area (Å²) in [6.07, 6.45) is 2.53. The van der Waals surface area contributed by atoms with E-state index in [2.05, 4.69) is 30.3 Å². The molecule has 20 heavy (non-hydrogen) atoms. The van der Waals surface area contributed by atoms with Gasteiger partial charge in [0.2, 0.25) is 0 Å². The van der Waals surface area contributed by atoms with Gasteiger partial charge in [0.25, 0.3) is 5.91 Å². The topological polar surface area (TPSA) is 49.3 Å². The van der Waals surface area contributed by atoms with E-state index in [0.717, 1.165) is 11.3 Å². The number of carbonyl (C=O) groups is 1. The first-order valence-electron chi connectivity index (χ1n) is 6.64. The van der Waals surface area contributed by atoms with Gasteiger partial charge in [0.05, 0.1) is 6.61 Å². The Bertz CT molecular complexity index is 473. The summed E-state index contributed by atoms with van der Waals surface area (Å²) in [6.45, 7) is 2.88. The van der Waals surface area contributed by atoms with Crippen LogP contribution < -0.4 is 5.32 Å². The van der Waals surface area contributed by atoms with Crippen molar-refractivity contribution in [3.8, 4) is 11.8 Å². The summed E-state index contributed by atoms with van der Waals surface area (Å²) in [6, 6.07) is 7.20. The van der Waals surface area contributed by atoms with Gasteiger partial charge in [-0.3, -0.25) is 4.79 Å². The highest BCUT2D eigenvalue weighted by atomic mass is 32.2. The fraction of sp³-hybridized carbons (Fsp3) is 0.438. The normalized spacial score (nSPS) is 11.3. The molecule has 1 unspecified atom stereocenters. The smallest absolute Gasteiger partial charge is 0.251 e. The SMILES string of the molecule is CSCC(C)CNC(=O)c1ccc(C#CCCO)cc1. The van der Waals surface area contributed by atoms with E-state index in [0.29, 0.717) is 24.4 Å². The lowest BCUT2D eigenvalue weighted by Crippen LogP contribution is -2.29. The Morgan fingerprint density at radius 2 is 2.10 bits per heavy atom. The van der Waals surface area contributed by atoms with Crippen LogP contribution in [0.25, 0.3) is 0 Å². The largest absolute Gasteiger partial charge is 0.395 e. The molecule has 1 aromatic rings. The van der Waals surface area contributed by atoms with E-state index in [1.165, 1.54) is 0 Å². The Hall–Kier alpha value is -1.44. The molecule has 0 aliphatic heterocycles. The van der Waals surface area contributed by atoms with Gasteiger partial charge in [-0.05, 0) is 42.2 Å². The first-order chi connectivity index (χ1) is 9.67. The number of aliphatic hydroxyl groups excluding tert-OH is 1. The van der Waals surface area contributed by atoms with Crippen molar-refractivity contribution in [3.05, 3.63) is 35.4 Å². The van der Waals surface area contributed by atoms with Crippen molar-refractivity contribution in [3.63, 3.8) is 0 Å². The van der Waals surface area contributed by atoms with Crippen molar-refractivity contribution >= 4 is 17.7 Å². The zero-order chi connectivity index (χ0) is 14.8. The number of carbonyl (C=O) groups excluding carboxylic acids is 1. The van der Waals surface area contributed by atoms with Crippen LogP contribution in [0.2, 0.25) is 0 Å². The molecule has 0 aliphatic carbocycles. The summed E-state index contributed by atoms with van der Waals surface area (Å²) in [5.74, 6) is 7.25. The molecule has 0 saturated heterocycles. The first-order valence-corrected chi connectivity index (χ1v) is 8.03. The number of hydrogen-bond acceptors (Lipinski definition) is 3. The molecule has 0 heterocycles. The fourth-order valence-electron chi connectivity index (χ4n) is 1.64. The van der Waals surface area contributed by atoms with Crippen LogP contribution in [0.1, 0.15) is 29.3 Å². The number of rotatable bonds is 6. The molecule has 1 atom stereocenters. The van der Waals surface area contributed by atoms with E-state index < -0.39 is 0 Å². The van der Waals surface area contributed by atoms with Crippen molar-refractivity contribution in [1.29, 1.82) is 0 Å². The van der Waals surface area contributed by atoms with Gasteiger partial charge >= 0.3 is 0 Å². The van der Waals surface area contributed by atoms with Crippen LogP contribution >= 0.6 is 11.8 Å². The molecule has 0 fully saturated rings. The zero-order valence-electron chi connectivity index (χ0n) is 12.0. The number of aliphatic hydroxyl groups is 1. The van der Waals surface area contributed by atoms with Crippen molar-refractivity contribution in [1.82, 2.24) is 5.32 Å². The van der Waals surface area contributed by atoms with Gasteiger partial charge in [0.1, 0.15) is 0 Å². The molecule has 3 nitrogen and oxygen atoms in total. The predicted molar refractivity (Wildman–Crippen MR) is 84.9 cm³/mol. The highest BCUT2D eigenvalue weighted by molar-refractivity contribution is 7.98. The molecular weight excluding hydrogens is 270 g/mol. The summed E-state index contributed by atoms with van der Waals surface area (Å²) in [5.41, 5.74) is 1.50. The molecule has 108 valence electrons.